The van der Waals surface area contributed by atoms with Crippen molar-refractivity contribution in [3.05, 3.63) is 36.0 Å². The fourth-order valence-electron chi connectivity index (χ4n) is 1.31. The second-order valence-corrected chi connectivity index (χ2v) is 5.09. The van der Waals surface area contributed by atoms with E-state index in [1.54, 1.807) is 0 Å². The molecule has 0 fully saturated rings. The highest BCUT2D eigenvalue weighted by atomic mass is 16.3. The highest BCUT2D eigenvalue weighted by molar-refractivity contribution is 5.06. The molecule has 0 aromatic carbocycles. The van der Waals surface area contributed by atoms with Crippen molar-refractivity contribution in [2.24, 2.45) is 5.41 Å². The Morgan fingerprint density at radius 3 is 2.31 bits per heavy atom. The van der Waals surface area contributed by atoms with Gasteiger partial charge in [0, 0.05) is 5.41 Å². The van der Waals surface area contributed by atoms with Gasteiger partial charge in [-0.2, -0.15) is 0 Å². The zero-order valence-corrected chi connectivity index (χ0v) is 11.2. The van der Waals surface area contributed by atoms with E-state index in [-0.39, 0.29) is 12.0 Å². The molecule has 0 aromatic rings. The Bertz CT molecular complexity index is 269. The molecular weight excluding hydrogens is 196 g/mol. The van der Waals surface area contributed by atoms with Crippen molar-refractivity contribution in [2.45, 2.75) is 47.0 Å². The third-order valence-electron chi connectivity index (χ3n) is 2.86. The Morgan fingerprint density at radius 2 is 1.88 bits per heavy atom. The minimum absolute atomic E-state index is 0.161. The summed E-state index contributed by atoms with van der Waals surface area (Å²) in [4.78, 5) is 0. The summed E-state index contributed by atoms with van der Waals surface area (Å²) in [6.07, 6.45) is 9.39. The van der Waals surface area contributed by atoms with Crippen LogP contribution in [-0.4, -0.2) is 11.7 Å². The molecule has 0 aliphatic carbocycles. The highest BCUT2D eigenvalue weighted by Crippen LogP contribution is 2.23. The first-order valence-electron chi connectivity index (χ1n) is 5.97. The van der Waals surface area contributed by atoms with Crippen molar-refractivity contribution in [1.82, 2.24) is 0 Å². The van der Waals surface area contributed by atoms with Gasteiger partial charge in [-0.05, 0) is 40.0 Å². The molecule has 1 heteroatoms. The van der Waals surface area contributed by atoms with Gasteiger partial charge in [0.1, 0.15) is 0 Å². The molecule has 0 radical (unpaired) electrons. The van der Waals surface area contributed by atoms with E-state index in [0.717, 1.165) is 19.3 Å². The first-order valence-corrected chi connectivity index (χ1v) is 5.97. The fourth-order valence-corrected chi connectivity index (χ4v) is 1.31. The SMILES string of the molecule is C=C[C@@](C)(CO)C/C=C(\C)CCC=C(C)C. The van der Waals surface area contributed by atoms with E-state index >= 15 is 0 Å². The summed E-state index contributed by atoms with van der Waals surface area (Å²) in [6.45, 7) is 12.4. The van der Waals surface area contributed by atoms with Crippen LogP contribution < -0.4 is 0 Å². The Hall–Kier alpha value is -0.820. The summed E-state index contributed by atoms with van der Waals surface area (Å²) >= 11 is 0. The second-order valence-electron chi connectivity index (χ2n) is 5.09. The molecule has 0 bridgehead atoms. The molecule has 92 valence electrons. The quantitative estimate of drug-likeness (QED) is 0.638. The van der Waals surface area contributed by atoms with Gasteiger partial charge < -0.3 is 5.11 Å². The lowest BCUT2D eigenvalue weighted by molar-refractivity contribution is 0.186. The lowest BCUT2D eigenvalue weighted by Crippen LogP contribution is -2.16. The van der Waals surface area contributed by atoms with Crippen molar-refractivity contribution in [2.75, 3.05) is 6.61 Å². The van der Waals surface area contributed by atoms with Crippen LogP contribution in [0.3, 0.4) is 0 Å². The van der Waals surface area contributed by atoms with Crippen molar-refractivity contribution in [3.8, 4) is 0 Å². The third-order valence-corrected chi connectivity index (χ3v) is 2.86. The van der Waals surface area contributed by atoms with E-state index in [0.29, 0.717) is 0 Å². The summed E-state index contributed by atoms with van der Waals surface area (Å²) in [5.41, 5.74) is 2.59. The molecule has 0 aromatic heterocycles. The van der Waals surface area contributed by atoms with Crippen molar-refractivity contribution in [1.29, 1.82) is 0 Å². The largest absolute Gasteiger partial charge is 0.395 e. The molecule has 0 saturated carbocycles. The predicted octanol–water partition coefficient (Wildman–Crippen LogP) is 4.25. The minimum Gasteiger partial charge on any atom is -0.395 e. The number of hydrogen-bond acceptors (Lipinski definition) is 1. The maximum atomic E-state index is 9.24. The number of hydrogen-bond donors (Lipinski definition) is 1. The first kappa shape index (κ1) is 15.2. The smallest absolute Gasteiger partial charge is 0.0522 e. The van der Waals surface area contributed by atoms with Crippen LogP contribution in [-0.2, 0) is 0 Å². The topological polar surface area (TPSA) is 20.2 Å². The van der Waals surface area contributed by atoms with Crippen LogP contribution in [0.5, 0.6) is 0 Å². The number of aliphatic hydroxyl groups excluding tert-OH is 1. The highest BCUT2D eigenvalue weighted by Gasteiger charge is 2.16. The molecule has 1 atom stereocenters. The Morgan fingerprint density at radius 1 is 1.25 bits per heavy atom. The van der Waals surface area contributed by atoms with Crippen LogP contribution in [0.1, 0.15) is 47.0 Å². The van der Waals surface area contributed by atoms with E-state index in [2.05, 4.69) is 39.5 Å². The van der Waals surface area contributed by atoms with Gasteiger partial charge in [0.05, 0.1) is 6.61 Å². The molecule has 0 aliphatic heterocycles. The van der Waals surface area contributed by atoms with E-state index in [9.17, 15) is 5.11 Å². The maximum absolute atomic E-state index is 9.24. The van der Waals surface area contributed by atoms with Crippen LogP contribution >= 0.6 is 0 Å². The van der Waals surface area contributed by atoms with E-state index < -0.39 is 0 Å². The zero-order valence-electron chi connectivity index (χ0n) is 11.2. The number of aliphatic hydroxyl groups is 1. The normalized spacial score (nSPS) is 15.4. The van der Waals surface area contributed by atoms with Crippen molar-refractivity contribution in [3.63, 3.8) is 0 Å². The van der Waals surface area contributed by atoms with Gasteiger partial charge in [-0.3, -0.25) is 0 Å². The maximum Gasteiger partial charge on any atom is 0.0522 e. The monoisotopic (exact) mass is 222 g/mol. The van der Waals surface area contributed by atoms with Gasteiger partial charge in [-0.1, -0.05) is 36.3 Å². The van der Waals surface area contributed by atoms with Gasteiger partial charge in [-0.15, -0.1) is 6.58 Å². The summed E-state index contributed by atoms with van der Waals surface area (Å²) < 4.78 is 0. The molecular formula is C15H26O. The van der Waals surface area contributed by atoms with E-state index in [1.807, 2.05) is 13.0 Å². The summed E-state index contributed by atoms with van der Waals surface area (Å²) in [6, 6.07) is 0. The lowest BCUT2D eigenvalue weighted by atomic mass is 9.87. The van der Waals surface area contributed by atoms with E-state index in [1.165, 1.54) is 11.1 Å². The fraction of sp³-hybridized carbons (Fsp3) is 0.600. The van der Waals surface area contributed by atoms with Crippen LogP contribution in [0.15, 0.2) is 36.0 Å². The molecule has 1 nitrogen and oxygen atoms in total. The lowest BCUT2D eigenvalue weighted by Gasteiger charge is -2.21. The average molecular weight is 222 g/mol. The van der Waals surface area contributed by atoms with Gasteiger partial charge in [0.15, 0.2) is 0 Å². The van der Waals surface area contributed by atoms with Crippen LogP contribution in [0, 0.1) is 5.41 Å². The summed E-state index contributed by atoms with van der Waals surface area (Å²) in [5.74, 6) is 0. The van der Waals surface area contributed by atoms with Gasteiger partial charge in [0.25, 0.3) is 0 Å². The Balaban J connectivity index is 4.13. The zero-order chi connectivity index (χ0) is 12.6. The van der Waals surface area contributed by atoms with Gasteiger partial charge in [-0.25, -0.2) is 0 Å². The van der Waals surface area contributed by atoms with Gasteiger partial charge in [0.2, 0.25) is 0 Å². The van der Waals surface area contributed by atoms with Crippen molar-refractivity contribution >= 4 is 0 Å². The standard InChI is InChI=1S/C15H26O/c1-6-15(5,12-16)11-10-14(4)9-7-8-13(2)3/h6,8,10,16H,1,7,9,11-12H2,2-5H3/b14-10+/t15-/m1/s1. The molecule has 0 aliphatic rings. The molecule has 0 heterocycles. The van der Waals surface area contributed by atoms with Crippen LogP contribution in [0.25, 0.3) is 0 Å². The molecule has 0 saturated heterocycles. The molecule has 16 heavy (non-hydrogen) atoms. The number of allylic oxidation sites excluding steroid dienone is 4. The Labute approximate surface area is 101 Å². The van der Waals surface area contributed by atoms with Crippen LogP contribution in [0.2, 0.25) is 0 Å². The van der Waals surface area contributed by atoms with Crippen LogP contribution in [0.4, 0.5) is 0 Å². The summed E-state index contributed by atoms with van der Waals surface area (Å²) in [7, 11) is 0. The average Bonchev–Trinajstić information content (AvgIpc) is 2.25. The molecule has 0 unspecified atom stereocenters. The molecule has 1 N–H and O–H groups in total. The second kappa shape index (κ2) is 7.45. The van der Waals surface area contributed by atoms with Crippen molar-refractivity contribution < 1.29 is 5.11 Å². The Kier molecular flexibility index (Phi) is 7.07. The summed E-state index contributed by atoms with van der Waals surface area (Å²) in [5, 5.41) is 9.24. The molecule has 0 rings (SSSR count). The molecule has 0 amide bonds. The first-order chi connectivity index (χ1) is 7.43. The van der Waals surface area contributed by atoms with E-state index in [4.69, 9.17) is 0 Å². The predicted molar refractivity (Wildman–Crippen MR) is 72.4 cm³/mol. The number of rotatable bonds is 7. The minimum atomic E-state index is -0.169. The third kappa shape index (κ3) is 6.62. The molecule has 0 spiro atoms. The van der Waals surface area contributed by atoms with Gasteiger partial charge >= 0.3 is 0 Å².